The summed E-state index contributed by atoms with van der Waals surface area (Å²) in [5.41, 5.74) is 1.54. The molecule has 1 aromatic heterocycles. The van der Waals surface area contributed by atoms with Crippen molar-refractivity contribution in [3.8, 4) is 22.8 Å². The van der Waals surface area contributed by atoms with Crippen LogP contribution < -0.4 is 14.8 Å². The van der Waals surface area contributed by atoms with E-state index in [0.717, 1.165) is 10.9 Å². The minimum absolute atomic E-state index is 0.115. The standard InChI is InChI=1S/C32H39N3O7/c1-7-11-24(30(37)40-6)34-29(36)27-17-22(19-35(27)31(38)42-32(2,3)4)41-28-18-25(20-12-9-8-10-13-20)33-26-16-21(39-5)14-15-23(26)28/h8-10,12-16,18,22,24,27H,7,11,17,19H2,1-6H3,(H,34,36)/t22?,24?,27-/m0/s1. The van der Waals surface area contributed by atoms with Gasteiger partial charge in [-0.05, 0) is 39.3 Å². The van der Waals surface area contributed by atoms with Crippen molar-refractivity contribution in [1.82, 2.24) is 15.2 Å². The van der Waals surface area contributed by atoms with Crippen LogP contribution in [0.4, 0.5) is 4.79 Å². The lowest BCUT2D eigenvalue weighted by Crippen LogP contribution is -2.51. The summed E-state index contributed by atoms with van der Waals surface area (Å²) in [5, 5.41) is 3.54. The quantitative estimate of drug-likeness (QED) is 0.348. The molecule has 3 aromatic rings. The zero-order valence-corrected chi connectivity index (χ0v) is 25.0. The predicted octanol–water partition coefficient (Wildman–Crippen LogP) is 5.13. The zero-order chi connectivity index (χ0) is 30.4. The van der Waals surface area contributed by atoms with E-state index in [1.807, 2.05) is 61.5 Å². The van der Waals surface area contributed by atoms with E-state index in [4.69, 9.17) is 23.9 Å². The molecule has 0 spiro atoms. The van der Waals surface area contributed by atoms with Crippen molar-refractivity contribution >= 4 is 28.9 Å². The zero-order valence-electron chi connectivity index (χ0n) is 25.0. The highest BCUT2D eigenvalue weighted by Crippen LogP contribution is 2.34. The number of hydrogen-bond donors (Lipinski definition) is 1. The van der Waals surface area contributed by atoms with E-state index in [1.165, 1.54) is 12.0 Å². The van der Waals surface area contributed by atoms with Gasteiger partial charge in [0.25, 0.3) is 0 Å². The lowest BCUT2D eigenvalue weighted by molar-refractivity contribution is -0.145. The Bertz CT molecular complexity index is 1420. The number of carbonyl (C=O) groups excluding carboxylic acids is 3. The van der Waals surface area contributed by atoms with E-state index in [2.05, 4.69) is 5.32 Å². The van der Waals surface area contributed by atoms with E-state index < -0.39 is 41.8 Å². The number of fused-ring (bicyclic) bond motifs is 1. The van der Waals surface area contributed by atoms with Gasteiger partial charge in [0, 0.05) is 29.5 Å². The molecule has 0 radical (unpaired) electrons. The topological polar surface area (TPSA) is 116 Å². The SMILES string of the molecule is CCCC(NC(=O)[C@@H]1CC(Oc2cc(-c3ccccc3)nc3cc(OC)ccc23)CN1C(=O)OC(C)(C)C)C(=O)OC. The fourth-order valence-electron chi connectivity index (χ4n) is 4.94. The van der Waals surface area contributed by atoms with Crippen LogP contribution in [0.25, 0.3) is 22.2 Å². The number of pyridine rings is 1. The minimum atomic E-state index is -0.907. The summed E-state index contributed by atoms with van der Waals surface area (Å²) >= 11 is 0. The predicted molar refractivity (Wildman–Crippen MR) is 158 cm³/mol. The summed E-state index contributed by atoms with van der Waals surface area (Å²) in [5.74, 6) is 0.222. The molecule has 0 bridgehead atoms. The number of methoxy groups -OCH3 is 2. The highest BCUT2D eigenvalue weighted by molar-refractivity contribution is 5.91. The van der Waals surface area contributed by atoms with Gasteiger partial charge < -0.3 is 24.3 Å². The van der Waals surface area contributed by atoms with Crippen LogP contribution in [0.1, 0.15) is 47.0 Å². The van der Waals surface area contributed by atoms with Gasteiger partial charge in [-0.3, -0.25) is 9.69 Å². The number of ether oxygens (including phenoxy) is 4. The molecule has 2 heterocycles. The maximum absolute atomic E-state index is 13.5. The number of benzene rings is 2. The van der Waals surface area contributed by atoms with Crippen LogP contribution in [0.3, 0.4) is 0 Å². The number of nitrogens with one attached hydrogen (secondary N) is 1. The molecule has 0 aliphatic carbocycles. The molecule has 1 aliphatic heterocycles. The van der Waals surface area contributed by atoms with Crippen molar-refractivity contribution in [1.29, 1.82) is 0 Å². The number of aromatic nitrogens is 1. The highest BCUT2D eigenvalue weighted by atomic mass is 16.6. The Balaban J connectivity index is 1.67. The summed E-state index contributed by atoms with van der Waals surface area (Å²) in [4.78, 5) is 45.3. The van der Waals surface area contributed by atoms with Crippen molar-refractivity contribution in [3.63, 3.8) is 0 Å². The smallest absolute Gasteiger partial charge is 0.411 e. The second kappa shape index (κ2) is 13.1. The van der Waals surface area contributed by atoms with Gasteiger partial charge in [-0.15, -0.1) is 0 Å². The maximum atomic E-state index is 13.5. The summed E-state index contributed by atoms with van der Waals surface area (Å²) in [7, 11) is 2.88. The number of amides is 2. The van der Waals surface area contributed by atoms with Crippen molar-refractivity contribution in [2.24, 2.45) is 0 Å². The summed E-state index contributed by atoms with van der Waals surface area (Å²) in [6, 6.07) is 15.4. The Labute approximate surface area is 246 Å². The van der Waals surface area contributed by atoms with E-state index in [1.54, 1.807) is 27.9 Å². The first-order valence-corrected chi connectivity index (χ1v) is 14.1. The Morgan fingerprint density at radius 2 is 1.81 bits per heavy atom. The summed E-state index contributed by atoms with van der Waals surface area (Å²) < 4.78 is 22.5. The number of likely N-dealkylation sites (tertiary alicyclic amines) is 1. The van der Waals surface area contributed by atoms with Gasteiger partial charge in [0.05, 0.1) is 32.0 Å². The van der Waals surface area contributed by atoms with Gasteiger partial charge in [-0.1, -0.05) is 43.7 Å². The minimum Gasteiger partial charge on any atom is -0.497 e. The normalized spacial score (nSPS) is 17.4. The first-order valence-electron chi connectivity index (χ1n) is 14.1. The van der Waals surface area contributed by atoms with E-state index >= 15 is 0 Å². The van der Waals surface area contributed by atoms with Crippen LogP contribution in [0, 0.1) is 0 Å². The van der Waals surface area contributed by atoms with Gasteiger partial charge in [0.15, 0.2) is 0 Å². The third-order valence-corrected chi connectivity index (χ3v) is 6.92. The molecule has 10 heteroatoms. The van der Waals surface area contributed by atoms with Gasteiger partial charge in [-0.2, -0.15) is 0 Å². The average molecular weight is 578 g/mol. The van der Waals surface area contributed by atoms with Crippen LogP contribution in [-0.4, -0.2) is 72.4 Å². The number of rotatable bonds is 9. The van der Waals surface area contributed by atoms with Crippen molar-refractivity contribution in [3.05, 3.63) is 54.6 Å². The number of esters is 1. The molecule has 1 fully saturated rings. The van der Waals surface area contributed by atoms with Crippen molar-refractivity contribution in [2.75, 3.05) is 20.8 Å². The van der Waals surface area contributed by atoms with Crippen LogP contribution in [-0.2, 0) is 19.1 Å². The molecule has 42 heavy (non-hydrogen) atoms. The molecular formula is C32H39N3O7. The summed E-state index contributed by atoms with van der Waals surface area (Å²) in [6.45, 7) is 7.32. The molecule has 3 atom stereocenters. The van der Waals surface area contributed by atoms with E-state index in [-0.39, 0.29) is 13.0 Å². The van der Waals surface area contributed by atoms with Gasteiger partial charge >= 0.3 is 12.1 Å². The van der Waals surface area contributed by atoms with Crippen molar-refractivity contribution < 1.29 is 33.3 Å². The van der Waals surface area contributed by atoms with Gasteiger partial charge in [-0.25, -0.2) is 14.6 Å². The van der Waals surface area contributed by atoms with Crippen LogP contribution in [0.15, 0.2) is 54.6 Å². The molecule has 224 valence electrons. The van der Waals surface area contributed by atoms with Crippen LogP contribution >= 0.6 is 0 Å². The first-order chi connectivity index (χ1) is 20.0. The summed E-state index contributed by atoms with van der Waals surface area (Å²) in [6.07, 6.45) is 0.105. The average Bonchev–Trinajstić information content (AvgIpc) is 3.40. The monoisotopic (exact) mass is 577 g/mol. The van der Waals surface area contributed by atoms with Gasteiger partial charge in [0.2, 0.25) is 5.91 Å². The second-order valence-electron chi connectivity index (χ2n) is 11.3. The Kier molecular flexibility index (Phi) is 9.55. The molecule has 2 amide bonds. The Hall–Kier alpha value is -4.34. The Morgan fingerprint density at radius 1 is 1.07 bits per heavy atom. The van der Waals surface area contributed by atoms with Crippen molar-refractivity contribution in [2.45, 2.75) is 70.7 Å². The fourth-order valence-corrected chi connectivity index (χ4v) is 4.94. The van der Waals surface area contributed by atoms with E-state index in [0.29, 0.717) is 35.6 Å². The second-order valence-corrected chi connectivity index (χ2v) is 11.3. The lowest BCUT2D eigenvalue weighted by Gasteiger charge is -2.28. The lowest BCUT2D eigenvalue weighted by atomic mass is 10.1. The molecule has 10 nitrogen and oxygen atoms in total. The number of hydrogen-bond acceptors (Lipinski definition) is 8. The molecule has 1 N–H and O–H groups in total. The number of nitrogens with zero attached hydrogens (tertiary/aromatic N) is 2. The highest BCUT2D eigenvalue weighted by Gasteiger charge is 2.43. The van der Waals surface area contributed by atoms with Gasteiger partial charge in [0.1, 0.15) is 35.3 Å². The Morgan fingerprint density at radius 3 is 2.45 bits per heavy atom. The molecule has 4 rings (SSSR count). The largest absolute Gasteiger partial charge is 0.497 e. The van der Waals surface area contributed by atoms with Crippen LogP contribution in [0.5, 0.6) is 11.5 Å². The third-order valence-electron chi connectivity index (χ3n) is 6.92. The molecule has 1 aliphatic rings. The first kappa shape index (κ1) is 30.6. The number of carbonyl (C=O) groups is 3. The molecule has 1 saturated heterocycles. The third kappa shape index (κ3) is 7.29. The molecular weight excluding hydrogens is 538 g/mol. The maximum Gasteiger partial charge on any atom is 0.411 e. The molecule has 2 unspecified atom stereocenters. The molecule has 2 aromatic carbocycles. The molecule has 0 saturated carbocycles. The van der Waals surface area contributed by atoms with Crippen LogP contribution in [0.2, 0.25) is 0 Å². The fraction of sp³-hybridized carbons (Fsp3) is 0.438. The van der Waals surface area contributed by atoms with E-state index in [9.17, 15) is 14.4 Å².